The SMILES string of the molecule is NCc1nnc(NCC2CCN(C3CCCCC3)C2)o1. The molecule has 1 aliphatic carbocycles. The highest BCUT2D eigenvalue weighted by Crippen LogP contribution is 2.27. The van der Waals surface area contributed by atoms with E-state index in [1.807, 2.05) is 0 Å². The first-order chi connectivity index (χ1) is 9.85. The van der Waals surface area contributed by atoms with E-state index in [2.05, 4.69) is 20.4 Å². The number of nitrogens with two attached hydrogens (primary N) is 1. The van der Waals surface area contributed by atoms with Gasteiger partial charge in [0, 0.05) is 19.1 Å². The van der Waals surface area contributed by atoms with Crippen molar-refractivity contribution >= 4 is 6.01 Å². The van der Waals surface area contributed by atoms with Gasteiger partial charge in [0.15, 0.2) is 0 Å². The summed E-state index contributed by atoms with van der Waals surface area (Å²) in [4.78, 5) is 2.69. The Morgan fingerprint density at radius 2 is 2.05 bits per heavy atom. The minimum Gasteiger partial charge on any atom is -0.407 e. The highest BCUT2D eigenvalue weighted by Gasteiger charge is 2.29. The molecule has 3 rings (SSSR count). The van der Waals surface area contributed by atoms with Crippen molar-refractivity contribution < 1.29 is 4.42 Å². The molecule has 112 valence electrons. The lowest BCUT2D eigenvalue weighted by Crippen LogP contribution is -2.35. The second kappa shape index (κ2) is 6.54. The standard InChI is InChI=1S/C14H25N5O/c15-8-13-17-18-14(20-13)16-9-11-6-7-19(10-11)12-4-2-1-3-5-12/h11-12H,1-10,15H2,(H,16,18). The topological polar surface area (TPSA) is 80.2 Å². The van der Waals surface area contributed by atoms with Crippen molar-refractivity contribution in [2.24, 2.45) is 11.7 Å². The number of anilines is 1. The van der Waals surface area contributed by atoms with Crippen LogP contribution in [0, 0.1) is 5.92 Å². The molecule has 2 fully saturated rings. The molecule has 3 N–H and O–H groups in total. The number of aromatic nitrogens is 2. The molecule has 0 bridgehead atoms. The summed E-state index contributed by atoms with van der Waals surface area (Å²) < 4.78 is 5.36. The van der Waals surface area contributed by atoms with Gasteiger partial charge in [-0.25, -0.2) is 0 Å². The molecular formula is C14H25N5O. The van der Waals surface area contributed by atoms with Gasteiger partial charge in [-0.3, -0.25) is 0 Å². The van der Waals surface area contributed by atoms with Crippen LogP contribution in [0.2, 0.25) is 0 Å². The van der Waals surface area contributed by atoms with E-state index >= 15 is 0 Å². The Kier molecular flexibility index (Phi) is 4.52. The molecule has 0 radical (unpaired) electrons. The fourth-order valence-electron chi connectivity index (χ4n) is 3.45. The Hall–Kier alpha value is -1.14. The lowest BCUT2D eigenvalue weighted by Gasteiger charge is -2.31. The Bertz CT molecular complexity index is 415. The molecule has 6 nitrogen and oxygen atoms in total. The fraction of sp³-hybridized carbons (Fsp3) is 0.857. The van der Waals surface area contributed by atoms with Gasteiger partial charge in [-0.2, -0.15) is 0 Å². The first-order valence-electron chi connectivity index (χ1n) is 7.85. The van der Waals surface area contributed by atoms with Gasteiger partial charge in [0.25, 0.3) is 0 Å². The number of hydrogen-bond acceptors (Lipinski definition) is 6. The summed E-state index contributed by atoms with van der Waals surface area (Å²) in [5.74, 6) is 1.17. The minimum absolute atomic E-state index is 0.299. The van der Waals surface area contributed by atoms with Crippen LogP contribution in [-0.2, 0) is 6.54 Å². The maximum atomic E-state index is 5.45. The largest absolute Gasteiger partial charge is 0.407 e. The van der Waals surface area contributed by atoms with Crippen LogP contribution in [0.5, 0.6) is 0 Å². The third-order valence-electron chi connectivity index (χ3n) is 4.59. The summed E-state index contributed by atoms with van der Waals surface area (Å²) in [7, 11) is 0. The van der Waals surface area contributed by atoms with E-state index in [-0.39, 0.29) is 0 Å². The van der Waals surface area contributed by atoms with Crippen molar-refractivity contribution in [1.82, 2.24) is 15.1 Å². The van der Waals surface area contributed by atoms with Gasteiger partial charge in [0.1, 0.15) is 0 Å². The molecule has 6 heteroatoms. The van der Waals surface area contributed by atoms with Crippen LogP contribution in [-0.4, -0.2) is 40.8 Å². The maximum absolute atomic E-state index is 5.45. The maximum Gasteiger partial charge on any atom is 0.315 e. The summed E-state index contributed by atoms with van der Waals surface area (Å²) in [6, 6.07) is 1.34. The summed E-state index contributed by atoms with van der Waals surface area (Å²) in [5.41, 5.74) is 5.45. The molecule has 1 atom stereocenters. The van der Waals surface area contributed by atoms with Crippen molar-refractivity contribution in [2.45, 2.75) is 51.1 Å². The van der Waals surface area contributed by atoms with E-state index in [4.69, 9.17) is 10.2 Å². The molecule has 1 saturated heterocycles. The number of nitrogens with one attached hydrogen (secondary N) is 1. The van der Waals surface area contributed by atoms with Crippen LogP contribution in [0.1, 0.15) is 44.4 Å². The van der Waals surface area contributed by atoms with Gasteiger partial charge < -0.3 is 20.4 Å². The Morgan fingerprint density at radius 1 is 1.20 bits per heavy atom. The van der Waals surface area contributed by atoms with Gasteiger partial charge in [0.05, 0.1) is 6.54 Å². The van der Waals surface area contributed by atoms with Crippen LogP contribution in [0.15, 0.2) is 4.42 Å². The molecule has 1 aromatic heterocycles. The first-order valence-corrected chi connectivity index (χ1v) is 7.85. The van der Waals surface area contributed by atoms with Gasteiger partial charge in [-0.05, 0) is 31.7 Å². The second-order valence-corrected chi connectivity index (χ2v) is 6.03. The van der Waals surface area contributed by atoms with Gasteiger partial charge in [-0.15, -0.1) is 5.10 Å². The van der Waals surface area contributed by atoms with Crippen LogP contribution in [0.4, 0.5) is 6.01 Å². The molecule has 0 spiro atoms. The zero-order valence-corrected chi connectivity index (χ0v) is 12.1. The zero-order valence-electron chi connectivity index (χ0n) is 12.1. The molecule has 20 heavy (non-hydrogen) atoms. The normalized spacial score (nSPS) is 25.1. The highest BCUT2D eigenvalue weighted by molar-refractivity contribution is 5.17. The quantitative estimate of drug-likeness (QED) is 0.852. The smallest absolute Gasteiger partial charge is 0.315 e. The fourth-order valence-corrected chi connectivity index (χ4v) is 3.45. The monoisotopic (exact) mass is 279 g/mol. The summed E-state index contributed by atoms with van der Waals surface area (Å²) in [6.07, 6.45) is 8.30. The number of nitrogens with zero attached hydrogens (tertiary/aromatic N) is 3. The minimum atomic E-state index is 0.299. The van der Waals surface area contributed by atoms with Gasteiger partial charge >= 0.3 is 6.01 Å². The molecule has 1 aliphatic heterocycles. The Balaban J connectivity index is 1.43. The van der Waals surface area contributed by atoms with E-state index in [1.54, 1.807) is 0 Å². The Labute approximate surface area is 120 Å². The van der Waals surface area contributed by atoms with Crippen LogP contribution in [0.25, 0.3) is 0 Å². The second-order valence-electron chi connectivity index (χ2n) is 6.03. The van der Waals surface area contributed by atoms with Crippen molar-refractivity contribution in [3.63, 3.8) is 0 Å². The van der Waals surface area contributed by atoms with Crippen LogP contribution in [0.3, 0.4) is 0 Å². The lowest BCUT2D eigenvalue weighted by molar-refractivity contribution is 0.186. The predicted molar refractivity (Wildman–Crippen MR) is 77.2 cm³/mol. The summed E-state index contributed by atoms with van der Waals surface area (Å²) >= 11 is 0. The molecule has 0 amide bonds. The average Bonchev–Trinajstić information content (AvgIpc) is 3.15. The van der Waals surface area contributed by atoms with E-state index in [0.29, 0.717) is 24.4 Å². The average molecular weight is 279 g/mol. The third-order valence-corrected chi connectivity index (χ3v) is 4.59. The van der Waals surface area contributed by atoms with Crippen molar-refractivity contribution in [3.8, 4) is 0 Å². The molecule has 2 heterocycles. The molecule has 1 aromatic rings. The zero-order chi connectivity index (χ0) is 13.8. The summed E-state index contributed by atoms with van der Waals surface area (Å²) in [5, 5.41) is 11.0. The van der Waals surface area contributed by atoms with Gasteiger partial charge in [-0.1, -0.05) is 24.4 Å². The lowest BCUT2D eigenvalue weighted by atomic mass is 9.94. The number of hydrogen-bond donors (Lipinski definition) is 2. The summed E-state index contributed by atoms with van der Waals surface area (Å²) in [6.45, 7) is 3.66. The third kappa shape index (κ3) is 3.30. The van der Waals surface area contributed by atoms with Crippen molar-refractivity contribution in [2.75, 3.05) is 25.0 Å². The van der Waals surface area contributed by atoms with E-state index < -0.39 is 0 Å². The number of likely N-dealkylation sites (tertiary alicyclic amines) is 1. The molecule has 1 unspecified atom stereocenters. The molecule has 0 aromatic carbocycles. The van der Waals surface area contributed by atoms with E-state index in [1.165, 1.54) is 51.6 Å². The van der Waals surface area contributed by atoms with E-state index in [0.717, 1.165) is 12.6 Å². The van der Waals surface area contributed by atoms with Crippen LogP contribution < -0.4 is 11.1 Å². The van der Waals surface area contributed by atoms with Crippen LogP contribution >= 0.6 is 0 Å². The van der Waals surface area contributed by atoms with Crippen molar-refractivity contribution in [1.29, 1.82) is 0 Å². The molecule has 1 saturated carbocycles. The molecular weight excluding hydrogens is 254 g/mol. The first kappa shape index (κ1) is 13.8. The van der Waals surface area contributed by atoms with Crippen molar-refractivity contribution in [3.05, 3.63) is 5.89 Å². The van der Waals surface area contributed by atoms with Gasteiger partial charge in [0.2, 0.25) is 5.89 Å². The predicted octanol–water partition coefficient (Wildman–Crippen LogP) is 1.59. The molecule has 2 aliphatic rings. The van der Waals surface area contributed by atoms with E-state index in [9.17, 15) is 0 Å². The number of rotatable bonds is 5. The Morgan fingerprint density at radius 3 is 2.80 bits per heavy atom. The highest BCUT2D eigenvalue weighted by atomic mass is 16.4.